The lowest BCUT2D eigenvalue weighted by molar-refractivity contribution is 0.435. The van der Waals surface area contributed by atoms with Gasteiger partial charge in [-0.3, -0.25) is 0 Å². The van der Waals surface area contributed by atoms with Crippen LogP contribution in [0.25, 0.3) is 0 Å². The number of pyridine rings is 1. The number of halogens is 2. The summed E-state index contributed by atoms with van der Waals surface area (Å²) < 4.78 is 31.4. The normalized spacial score (nSPS) is 12.9. The number of hydrogen-bond acceptors (Lipinski definition) is 4. The Morgan fingerprint density at radius 1 is 1.30 bits per heavy atom. The monoisotopic (exact) mass is 321 g/mol. The standard InChI is InChI=1S/C12H10F2N2O.C5H9N.H2/c1-15-12-5-3-9(7-16-12)17-11-6-8(13)2-4-10(11)14;1-5-3-2-4-6-5;/h2-7H,1H3,(H,15,16);6H,1-4H2;1H. The van der Waals surface area contributed by atoms with Gasteiger partial charge in [-0.1, -0.05) is 6.58 Å². The zero-order chi connectivity index (χ0) is 16.7. The van der Waals surface area contributed by atoms with Crippen molar-refractivity contribution in [2.45, 2.75) is 12.8 Å². The van der Waals surface area contributed by atoms with Crippen molar-refractivity contribution in [2.75, 3.05) is 18.9 Å². The minimum absolute atomic E-state index is 0. The molecule has 1 aliphatic heterocycles. The van der Waals surface area contributed by atoms with Crippen molar-refractivity contribution < 1.29 is 14.9 Å². The molecule has 0 spiro atoms. The van der Waals surface area contributed by atoms with Gasteiger partial charge in [0.1, 0.15) is 17.4 Å². The second-order valence-corrected chi connectivity index (χ2v) is 4.94. The topological polar surface area (TPSA) is 46.2 Å². The summed E-state index contributed by atoms with van der Waals surface area (Å²) in [6, 6.07) is 6.32. The van der Waals surface area contributed by atoms with Gasteiger partial charge in [0.15, 0.2) is 11.6 Å². The summed E-state index contributed by atoms with van der Waals surface area (Å²) in [5, 5.41) is 5.96. The third-order valence-corrected chi connectivity index (χ3v) is 3.14. The summed E-state index contributed by atoms with van der Waals surface area (Å²) in [6.07, 6.45) is 3.88. The van der Waals surface area contributed by atoms with Crippen LogP contribution in [0, 0.1) is 11.6 Å². The predicted molar refractivity (Wildman–Crippen MR) is 88.7 cm³/mol. The first kappa shape index (κ1) is 16.7. The van der Waals surface area contributed by atoms with Crippen LogP contribution in [-0.4, -0.2) is 18.6 Å². The summed E-state index contributed by atoms with van der Waals surface area (Å²) in [5.41, 5.74) is 1.20. The van der Waals surface area contributed by atoms with Gasteiger partial charge in [-0.15, -0.1) is 0 Å². The van der Waals surface area contributed by atoms with Gasteiger partial charge < -0.3 is 15.4 Å². The van der Waals surface area contributed by atoms with E-state index >= 15 is 0 Å². The molecule has 1 saturated heterocycles. The second-order valence-electron chi connectivity index (χ2n) is 4.94. The molecule has 1 aromatic carbocycles. The number of anilines is 1. The molecule has 6 heteroatoms. The van der Waals surface area contributed by atoms with Crippen LogP contribution in [0.1, 0.15) is 14.3 Å². The first-order valence-electron chi connectivity index (χ1n) is 7.27. The van der Waals surface area contributed by atoms with Crippen LogP contribution >= 0.6 is 0 Å². The quantitative estimate of drug-likeness (QED) is 0.883. The van der Waals surface area contributed by atoms with E-state index in [1.807, 2.05) is 0 Å². The summed E-state index contributed by atoms with van der Waals surface area (Å²) >= 11 is 0. The van der Waals surface area contributed by atoms with Crippen molar-refractivity contribution in [2.24, 2.45) is 0 Å². The number of nitrogens with one attached hydrogen (secondary N) is 2. The van der Waals surface area contributed by atoms with E-state index in [2.05, 4.69) is 22.2 Å². The average Bonchev–Trinajstić information content (AvgIpc) is 3.03. The van der Waals surface area contributed by atoms with Crippen LogP contribution < -0.4 is 15.4 Å². The van der Waals surface area contributed by atoms with Crippen LogP contribution in [-0.2, 0) is 0 Å². The largest absolute Gasteiger partial charge is 0.453 e. The third-order valence-electron chi connectivity index (χ3n) is 3.14. The highest BCUT2D eigenvalue weighted by molar-refractivity contribution is 5.38. The molecule has 3 rings (SSSR count). The fraction of sp³-hybridized carbons (Fsp3) is 0.235. The molecule has 0 atom stereocenters. The van der Waals surface area contributed by atoms with Gasteiger partial charge in [-0.05, 0) is 37.1 Å². The van der Waals surface area contributed by atoms with Crippen LogP contribution in [0.3, 0.4) is 0 Å². The minimum Gasteiger partial charge on any atom is -0.453 e. The average molecular weight is 321 g/mol. The molecule has 2 heterocycles. The van der Waals surface area contributed by atoms with Crippen molar-refractivity contribution >= 4 is 5.82 Å². The highest BCUT2D eigenvalue weighted by atomic mass is 19.1. The van der Waals surface area contributed by atoms with Crippen molar-refractivity contribution in [3.05, 3.63) is 60.4 Å². The summed E-state index contributed by atoms with van der Waals surface area (Å²) in [6.45, 7) is 4.88. The smallest absolute Gasteiger partial charge is 0.166 e. The lowest BCUT2D eigenvalue weighted by Gasteiger charge is -2.07. The molecule has 0 radical (unpaired) electrons. The van der Waals surface area contributed by atoms with Crippen molar-refractivity contribution in [1.29, 1.82) is 0 Å². The summed E-state index contributed by atoms with van der Waals surface area (Å²) in [7, 11) is 1.73. The molecular weight excluding hydrogens is 300 g/mol. The molecule has 1 aromatic heterocycles. The lowest BCUT2D eigenvalue weighted by Crippen LogP contribution is -2.00. The Balaban J connectivity index is 0.000000349. The molecule has 23 heavy (non-hydrogen) atoms. The van der Waals surface area contributed by atoms with E-state index < -0.39 is 11.6 Å². The van der Waals surface area contributed by atoms with Crippen molar-refractivity contribution in [3.63, 3.8) is 0 Å². The maximum absolute atomic E-state index is 13.3. The van der Waals surface area contributed by atoms with E-state index in [0.29, 0.717) is 11.6 Å². The van der Waals surface area contributed by atoms with E-state index in [-0.39, 0.29) is 7.18 Å². The number of aromatic nitrogens is 1. The van der Waals surface area contributed by atoms with E-state index in [4.69, 9.17) is 4.74 Å². The van der Waals surface area contributed by atoms with Crippen molar-refractivity contribution in [1.82, 2.24) is 10.3 Å². The van der Waals surface area contributed by atoms with Gasteiger partial charge in [0.2, 0.25) is 0 Å². The van der Waals surface area contributed by atoms with Gasteiger partial charge in [0.05, 0.1) is 6.20 Å². The molecule has 0 bridgehead atoms. The Bertz CT molecular complexity index is 657. The number of nitrogens with zero attached hydrogens (tertiary/aromatic N) is 1. The van der Waals surface area contributed by atoms with Crippen LogP contribution in [0.5, 0.6) is 11.5 Å². The maximum atomic E-state index is 13.3. The minimum atomic E-state index is -0.621. The molecule has 4 nitrogen and oxygen atoms in total. The zero-order valence-electron chi connectivity index (χ0n) is 12.9. The number of rotatable bonds is 3. The number of benzene rings is 1. The van der Waals surface area contributed by atoms with E-state index in [1.165, 1.54) is 24.7 Å². The third kappa shape index (κ3) is 5.25. The molecule has 1 fully saturated rings. The van der Waals surface area contributed by atoms with E-state index in [1.54, 1.807) is 19.2 Å². The van der Waals surface area contributed by atoms with Crippen LogP contribution in [0.15, 0.2) is 48.8 Å². The van der Waals surface area contributed by atoms with Crippen LogP contribution in [0.4, 0.5) is 14.6 Å². The number of ether oxygens (including phenoxy) is 1. The van der Waals surface area contributed by atoms with E-state index in [9.17, 15) is 8.78 Å². The molecule has 0 amide bonds. The first-order valence-corrected chi connectivity index (χ1v) is 7.27. The van der Waals surface area contributed by atoms with Gasteiger partial charge in [-0.25, -0.2) is 13.8 Å². The van der Waals surface area contributed by atoms with E-state index in [0.717, 1.165) is 24.7 Å². The lowest BCUT2D eigenvalue weighted by atomic mass is 10.3. The molecule has 124 valence electrons. The Labute approximate surface area is 135 Å². The number of hydrogen-bond donors (Lipinski definition) is 2. The molecule has 0 unspecified atom stereocenters. The summed E-state index contributed by atoms with van der Waals surface area (Å²) in [5.74, 6) is -0.333. The Hall–Kier alpha value is -2.63. The summed E-state index contributed by atoms with van der Waals surface area (Å²) in [4.78, 5) is 3.99. The second kappa shape index (κ2) is 8.12. The maximum Gasteiger partial charge on any atom is 0.166 e. The van der Waals surface area contributed by atoms with Gasteiger partial charge in [0, 0.05) is 26.8 Å². The molecule has 2 N–H and O–H groups in total. The Morgan fingerprint density at radius 2 is 2.13 bits per heavy atom. The zero-order valence-corrected chi connectivity index (χ0v) is 12.9. The molecular formula is C17H21F2N3O. The SMILES string of the molecule is C=C1CCCN1.CNc1ccc(Oc2cc(F)ccc2F)cn1.[HH]. The highest BCUT2D eigenvalue weighted by Gasteiger charge is 2.06. The molecule has 0 aliphatic carbocycles. The van der Waals surface area contributed by atoms with Gasteiger partial charge in [0.25, 0.3) is 0 Å². The molecule has 2 aromatic rings. The van der Waals surface area contributed by atoms with Gasteiger partial charge in [-0.2, -0.15) is 0 Å². The highest BCUT2D eigenvalue weighted by Crippen LogP contribution is 2.25. The Morgan fingerprint density at radius 3 is 2.65 bits per heavy atom. The van der Waals surface area contributed by atoms with Crippen LogP contribution in [0.2, 0.25) is 0 Å². The van der Waals surface area contributed by atoms with Gasteiger partial charge >= 0.3 is 0 Å². The van der Waals surface area contributed by atoms with Crippen molar-refractivity contribution in [3.8, 4) is 11.5 Å². The predicted octanol–water partition coefficient (Wildman–Crippen LogP) is 4.32. The molecule has 0 saturated carbocycles. The number of allylic oxidation sites excluding steroid dienone is 1. The fourth-order valence-electron chi connectivity index (χ4n) is 1.93. The Kier molecular flexibility index (Phi) is 5.91. The molecule has 1 aliphatic rings. The fourth-order valence-corrected chi connectivity index (χ4v) is 1.93. The first-order chi connectivity index (χ1) is 11.1.